The summed E-state index contributed by atoms with van der Waals surface area (Å²) in [5, 5.41) is 2.99. The van der Waals surface area contributed by atoms with Crippen LogP contribution in [-0.2, 0) is 0 Å². The fourth-order valence-electron chi connectivity index (χ4n) is 1.97. The molecule has 0 bridgehead atoms. The van der Waals surface area contributed by atoms with Gasteiger partial charge in [0.25, 0.3) is 0 Å². The molecule has 0 unspecified atom stereocenters. The van der Waals surface area contributed by atoms with Gasteiger partial charge in [-0.1, -0.05) is 53.9 Å². The number of thiocarbonyl (C=S) groups is 2. The maximum Gasteiger partial charge on any atom is 0.143 e. The van der Waals surface area contributed by atoms with E-state index in [9.17, 15) is 0 Å². The van der Waals surface area contributed by atoms with Gasteiger partial charge in [-0.3, -0.25) is 0 Å². The normalized spacial score (nSPS) is 17.7. The zero-order chi connectivity index (χ0) is 12.6. The van der Waals surface area contributed by atoms with Crippen LogP contribution in [0.2, 0.25) is 0 Å². The number of rotatable bonds is 1. The van der Waals surface area contributed by atoms with E-state index in [-0.39, 0.29) is 0 Å². The van der Waals surface area contributed by atoms with E-state index >= 15 is 0 Å². The quantitative estimate of drug-likeness (QED) is 0.617. The van der Waals surface area contributed by atoms with Gasteiger partial charge in [-0.05, 0) is 43.5 Å². The Morgan fingerprint density at radius 1 is 1.12 bits per heavy atom. The second kappa shape index (κ2) is 4.88. The van der Waals surface area contributed by atoms with E-state index in [2.05, 4.69) is 44.3 Å². The smallest absolute Gasteiger partial charge is 0.143 e. The lowest BCUT2D eigenvalue weighted by atomic mass is 9.99. The Morgan fingerprint density at radius 3 is 2.18 bits per heavy atom. The lowest BCUT2D eigenvalue weighted by molar-refractivity contribution is 1.30. The molecule has 1 aliphatic heterocycles. The fourth-order valence-corrected chi connectivity index (χ4v) is 3.43. The van der Waals surface area contributed by atoms with Gasteiger partial charge in [-0.25, -0.2) is 0 Å². The zero-order valence-electron chi connectivity index (χ0n) is 9.96. The molecular formula is C13H13NS3. The van der Waals surface area contributed by atoms with Crippen LogP contribution in [0.5, 0.6) is 0 Å². The number of aryl methyl sites for hydroxylation is 3. The number of benzene rings is 1. The molecule has 1 aromatic rings. The summed E-state index contributed by atoms with van der Waals surface area (Å²) in [6.07, 6.45) is 2.13. The fraction of sp³-hybridized carbons (Fsp3) is 0.231. The third kappa shape index (κ3) is 2.76. The molecular weight excluding hydrogens is 266 g/mol. The molecule has 0 spiro atoms. The van der Waals surface area contributed by atoms with E-state index in [1.807, 2.05) is 0 Å². The van der Waals surface area contributed by atoms with Crippen LogP contribution in [0.25, 0.3) is 6.08 Å². The number of hydrogen-bond donors (Lipinski definition) is 1. The molecule has 1 nitrogen and oxygen atoms in total. The van der Waals surface area contributed by atoms with Crippen LogP contribution >= 0.6 is 36.2 Å². The van der Waals surface area contributed by atoms with Crippen LogP contribution in [0, 0.1) is 20.8 Å². The second-order valence-corrected chi connectivity index (χ2v) is 6.29. The first-order valence-electron chi connectivity index (χ1n) is 5.30. The van der Waals surface area contributed by atoms with Crippen LogP contribution in [-0.4, -0.2) is 9.31 Å². The van der Waals surface area contributed by atoms with Gasteiger partial charge in [0.15, 0.2) is 0 Å². The highest BCUT2D eigenvalue weighted by molar-refractivity contribution is 8.27. The van der Waals surface area contributed by atoms with Crippen molar-refractivity contribution < 1.29 is 0 Å². The lowest BCUT2D eigenvalue weighted by Gasteiger charge is -2.08. The Bertz CT molecular complexity index is 521. The molecule has 4 heteroatoms. The zero-order valence-corrected chi connectivity index (χ0v) is 12.4. The van der Waals surface area contributed by atoms with Crippen molar-refractivity contribution in [1.29, 1.82) is 0 Å². The molecule has 1 heterocycles. The van der Waals surface area contributed by atoms with Crippen LogP contribution in [0.1, 0.15) is 22.3 Å². The summed E-state index contributed by atoms with van der Waals surface area (Å²) in [5.74, 6) is 0. The standard InChI is InChI=1S/C13H13NS3/c1-7-4-8(2)10(9(3)5-7)6-11-12(15)14-13(16)17-11/h4-6H,1-3H3,(H,14,15,16)/b11-6-. The summed E-state index contributed by atoms with van der Waals surface area (Å²) >= 11 is 11.9. The van der Waals surface area contributed by atoms with Gasteiger partial charge >= 0.3 is 0 Å². The van der Waals surface area contributed by atoms with Crippen molar-refractivity contribution in [3.63, 3.8) is 0 Å². The molecule has 2 rings (SSSR count). The third-order valence-electron chi connectivity index (χ3n) is 2.66. The number of thioether (sulfide) groups is 1. The topological polar surface area (TPSA) is 12.0 Å². The van der Waals surface area contributed by atoms with Crippen molar-refractivity contribution in [2.75, 3.05) is 0 Å². The molecule has 0 saturated carbocycles. The first kappa shape index (κ1) is 12.7. The first-order chi connectivity index (χ1) is 7.97. The maximum absolute atomic E-state index is 5.24. The number of nitrogens with one attached hydrogen (secondary N) is 1. The van der Waals surface area contributed by atoms with Crippen LogP contribution in [0.4, 0.5) is 0 Å². The van der Waals surface area contributed by atoms with Crippen molar-refractivity contribution in [3.8, 4) is 0 Å². The molecule has 1 fully saturated rings. The molecule has 1 aliphatic rings. The molecule has 1 saturated heterocycles. The van der Waals surface area contributed by atoms with E-state index in [0.717, 1.165) is 14.2 Å². The Labute approximate surface area is 117 Å². The molecule has 1 N–H and O–H groups in total. The monoisotopic (exact) mass is 279 g/mol. The molecule has 0 aliphatic carbocycles. The van der Waals surface area contributed by atoms with E-state index in [1.165, 1.54) is 34.0 Å². The van der Waals surface area contributed by atoms with Gasteiger partial charge in [-0.2, -0.15) is 0 Å². The van der Waals surface area contributed by atoms with Crippen molar-refractivity contribution in [2.24, 2.45) is 0 Å². The molecule has 0 radical (unpaired) electrons. The Balaban J connectivity index is 2.46. The molecule has 1 aromatic carbocycles. The predicted octanol–water partition coefficient (Wildman–Crippen LogP) is 3.90. The van der Waals surface area contributed by atoms with E-state index in [4.69, 9.17) is 24.4 Å². The second-order valence-electron chi connectivity index (χ2n) is 4.16. The Morgan fingerprint density at radius 2 is 1.71 bits per heavy atom. The summed E-state index contributed by atoms with van der Waals surface area (Å²) in [4.78, 5) is 1.78. The molecule has 88 valence electrons. The molecule has 0 aromatic heterocycles. The highest BCUT2D eigenvalue weighted by Gasteiger charge is 2.18. The summed E-state index contributed by atoms with van der Waals surface area (Å²) < 4.78 is 0.740. The van der Waals surface area contributed by atoms with Crippen LogP contribution in [0.3, 0.4) is 0 Å². The average Bonchev–Trinajstić information content (AvgIpc) is 2.51. The van der Waals surface area contributed by atoms with E-state index in [1.54, 1.807) is 0 Å². The summed E-state index contributed by atoms with van der Waals surface area (Å²) in [6, 6.07) is 4.38. The highest BCUT2D eigenvalue weighted by atomic mass is 32.2. The molecule has 17 heavy (non-hydrogen) atoms. The van der Waals surface area contributed by atoms with E-state index < -0.39 is 0 Å². The Hall–Kier alpha value is -0.710. The van der Waals surface area contributed by atoms with Crippen molar-refractivity contribution in [1.82, 2.24) is 5.32 Å². The van der Waals surface area contributed by atoms with Gasteiger partial charge in [0.2, 0.25) is 0 Å². The average molecular weight is 279 g/mol. The van der Waals surface area contributed by atoms with Crippen molar-refractivity contribution in [2.45, 2.75) is 20.8 Å². The van der Waals surface area contributed by atoms with Gasteiger partial charge in [0.1, 0.15) is 9.31 Å². The van der Waals surface area contributed by atoms with Gasteiger partial charge in [-0.15, -0.1) is 0 Å². The molecule has 0 amide bonds. The maximum atomic E-state index is 5.24. The van der Waals surface area contributed by atoms with Crippen molar-refractivity contribution in [3.05, 3.63) is 39.3 Å². The predicted molar refractivity (Wildman–Crippen MR) is 84.6 cm³/mol. The van der Waals surface area contributed by atoms with Gasteiger partial charge in [0.05, 0.1) is 0 Å². The van der Waals surface area contributed by atoms with Crippen LogP contribution in [0.15, 0.2) is 17.0 Å². The number of hydrogen-bond acceptors (Lipinski definition) is 3. The lowest BCUT2D eigenvalue weighted by Crippen LogP contribution is -2.15. The minimum Gasteiger partial charge on any atom is -0.331 e. The first-order valence-corrected chi connectivity index (χ1v) is 6.93. The minimum atomic E-state index is 0.736. The minimum absolute atomic E-state index is 0.736. The SMILES string of the molecule is Cc1cc(C)c(/C=C2\SC(=S)NC2=S)c(C)c1. The van der Waals surface area contributed by atoms with E-state index in [0.29, 0.717) is 0 Å². The van der Waals surface area contributed by atoms with Gasteiger partial charge < -0.3 is 5.32 Å². The van der Waals surface area contributed by atoms with Crippen LogP contribution < -0.4 is 5.32 Å². The Kier molecular flexibility index (Phi) is 3.66. The third-order valence-corrected chi connectivity index (χ3v) is 4.29. The summed E-state index contributed by atoms with van der Waals surface area (Å²) in [5.41, 5.74) is 5.08. The van der Waals surface area contributed by atoms with Gasteiger partial charge in [0, 0.05) is 4.91 Å². The summed E-state index contributed by atoms with van der Waals surface area (Å²) in [6.45, 7) is 6.37. The molecule has 0 atom stereocenters. The summed E-state index contributed by atoms with van der Waals surface area (Å²) in [7, 11) is 0. The van der Waals surface area contributed by atoms with Crippen molar-refractivity contribution >= 4 is 51.6 Å². The largest absolute Gasteiger partial charge is 0.331 e. The highest BCUT2D eigenvalue weighted by Crippen LogP contribution is 2.29.